The zero-order valence-electron chi connectivity index (χ0n) is 15.9. The molecule has 28 heavy (non-hydrogen) atoms. The van der Waals surface area contributed by atoms with Crippen molar-refractivity contribution in [1.82, 2.24) is 24.5 Å². The summed E-state index contributed by atoms with van der Waals surface area (Å²) in [5.74, 6) is 0.904. The van der Waals surface area contributed by atoms with Gasteiger partial charge in [0.05, 0.1) is 18.3 Å². The number of ether oxygens (including phenoxy) is 1. The van der Waals surface area contributed by atoms with Gasteiger partial charge in [0, 0.05) is 50.4 Å². The number of methoxy groups -OCH3 is 1. The lowest BCUT2D eigenvalue weighted by Crippen LogP contribution is -2.40. The van der Waals surface area contributed by atoms with Gasteiger partial charge in [0.25, 0.3) is 5.91 Å². The van der Waals surface area contributed by atoms with E-state index in [2.05, 4.69) is 20.0 Å². The van der Waals surface area contributed by atoms with E-state index < -0.39 is 0 Å². The second kappa shape index (κ2) is 6.56. The Balaban J connectivity index is 1.53. The van der Waals surface area contributed by atoms with Crippen LogP contribution in [0.25, 0.3) is 5.65 Å². The van der Waals surface area contributed by atoms with Crippen molar-refractivity contribution >= 4 is 17.4 Å². The zero-order valence-corrected chi connectivity index (χ0v) is 15.9. The lowest BCUT2D eigenvalue weighted by molar-refractivity contribution is 0.0728. The molecule has 144 valence electrons. The number of hydrogen-bond donors (Lipinski definition) is 0. The smallest absolute Gasteiger partial charge is 0.259 e. The number of nitrogens with zero attached hydrogens (tertiary/aromatic N) is 6. The fraction of sp³-hybridized carbons (Fsp3) is 0.400. The van der Waals surface area contributed by atoms with Gasteiger partial charge in [-0.15, -0.1) is 0 Å². The molecule has 2 unspecified atom stereocenters. The summed E-state index contributed by atoms with van der Waals surface area (Å²) in [7, 11) is 1.74. The molecule has 2 aliphatic rings. The van der Waals surface area contributed by atoms with E-state index in [1.165, 1.54) is 0 Å². The maximum absolute atomic E-state index is 13.5. The number of hydrogen-bond acceptors (Lipinski definition) is 6. The lowest BCUT2D eigenvalue weighted by Gasteiger charge is -2.26. The van der Waals surface area contributed by atoms with E-state index >= 15 is 0 Å². The van der Waals surface area contributed by atoms with E-state index in [0.717, 1.165) is 30.0 Å². The Morgan fingerprint density at radius 3 is 3.04 bits per heavy atom. The average molecular weight is 378 g/mol. The molecule has 0 N–H and O–H groups in total. The number of pyridine rings is 1. The fourth-order valence-corrected chi connectivity index (χ4v) is 4.25. The molecule has 3 aromatic rings. The van der Waals surface area contributed by atoms with Gasteiger partial charge in [0.15, 0.2) is 5.65 Å². The van der Waals surface area contributed by atoms with Crippen LogP contribution in [0.5, 0.6) is 0 Å². The molecular formula is C20H22N6O2. The molecule has 3 aromatic heterocycles. The molecule has 2 atom stereocenters. The van der Waals surface area contributed by atoms with E-state index in [1.54, 1.807) is 17.8 Å². The molecule has 8 nitrogen and oxygen atoms in total. The Labute approximate surface area is 162 Å². The van der Waals surface area contributed by atoms with Crippen LogP contribution in [0.2, 0.25) is 0 Å². The fourth-order valence-electron chi connectivity index (χ4n) is 4.25. The molecule has 0 aromatic carbocycles. The predicted octanol–water partition coefficient (Wildman–Crippen LogP) is 1.68. The number of rotatable bonds is 2. The highest BCUT2D eigenvalue weighted by Crippen LogP contribution is 2.33. The van der Waals surface area contributed by atoms with Crippen LogP contribution in [-0.4, -0.2) is 62.7 Å². The number of fused-ring (bicyclic) bond motifs is 4. The van der Waals surface area contributed by atoms with Crippen molar-refractivity contribution in [3.63, 3.8) is 0 Å². The molecule has 1 saturated heterocycles. The van der Waals surface area contributed by atoms with Crippen molar-refractivity contribution in [2.24, 2.45) is 0 Å². The number of carbonyl (C=O) groups excluding carboxylic acids is 1. The molecule has 2 aliphatic heterocycles. The SMILES string of the molecule is COC1CC2CN(C(=O)c3cnn4ccc(C)nc34)Cc3cccnc3N2C1. The normalized spacial score (nSPS) is 21.5. The zero-order chi connectivity index (χ0) is 19.3. The van der Waals surface area contributed by atoms with Gasteiger partial charge in [-0.1, -0.05) is 6.07 Å². The van der Waals surface area contributed by atoms with Gasteiger partial charge < -0.3 is 14.5 Å². The molecule has 0 bridgehead atoms. The Morgan fingerprint density at radius 1 is 1.29 bits per heavy atom. The first-order valence-electron chi connectivity index (χ1n) is 9.47. The van der Waals surface area contributed by atoms with Crippen molar-refractivity contribution in [1.29, 1.82) is 0 Å². The maximum Gasteiger partial charge on any atom is 0.259 e. The average Bonchev–Trinajstić information content (AvgIpc) is 3.27. The summed E-state index contributed by atoms with van der Waals surface area (Å²) in [4.78, 5) is 26.8. The topological polar surface area (TPSA) is 75.9 Å². The lowest BCUT2D eigenvalue weighted by atomic mass is 10.1. The number of aryl methyl sites for hydroxylation is 1. The molecule has 0 aliphatic carbocycles. The minimum atomic E-state index is -0.0504. The van der Waals surface area contributed by atoms with Gasteiger partial charge in [-0.3, -0.25) is 4.79 Å². The highest BCUT2D eigenvalue weighted by atomic mass is 16.5. The van der Waals surface area contributed by atoms with E-state index in [-0.39, 0.29) is 18.1 Å². The predicted molar refractivity (Wildman–Crippen MR) is 103 cm³/mol. The van der Waals surface area contributed by atoms with Crippen LogP contribution in [0.1, 0.15) is 28.0 Å². The van der Waals surface area contributed by atoms with Crippen LogP contribution in [0.15, 0.2) is 36.8 Å². The van der Waals surface area contributed by atoms with Gasteiger partial charge in [0.2, 0.25) is 0 Å². The van der Waals surface area contributed by atoms with Gasteiger partial charge >= 0.3 is 0 Å². The van der Waals surface area contributed by atoms with E-state index in [4.69, 9.17) is 4.74 Å². The Hall–Kier alpha value is -3.00. The Bertz CT molecular complexity index is 1050. The quantitative estimate of drug-likeness (QED) is 0.675. The van der Waals surface area contributed by atoms with Crippen molar-refractivity contribution < 1.29 is 9.53 Å². The van der Waals surface area contributed by atoms with Gasteiger partial charge in [0.1, 0.15) is 11.4 Å². The maximum atomic E-state index is 13.5. The second-order valence-corrected chi connectivity index (χ2v) is 7.47. The minimum absolute atomic E-state index is 0.0504. The Kier molecular flexibility index (Phi) is 4.01. The molecule has 0 radical (unpaired) electrons. The molecule has 0 saturated carbocycles. The van der Waals surface area contributed by atoms with E-state index in [9.17, 15) is 4.79 Å². The summed E-state index contributed by atoms with van der Waals surface area (Å²) in [5, 5.41) is 4.30. The summed E-state index contributed by atoms with van der Waals surface area (Å²) in [6, 6.07) is 6.03. The highest BCUT2D eigenvalue weighted by molar-refractivity contribution is 5.99. The van der Waals surface area contributed by atoms with E-state index in [0.29, 0.717) is 24.3 Å². The monoisotopic (exact) mass is 378 g/mol. The summed E-state index contributed by atoms with van der Waals surface area (Å²) >= 11 is 0. The number of aromatic nitrogens is 4. The third-order valence-corrected chi connectivity index (χ3v) is 5.67. The molecule has 5 heterocycles. The van der Waals surface area contributed by atoms with Gasteiger partial charge in [-0.25, -0.2) is 14.5 Å². The molecule has 8 heteroatoms. The molecule has 0 spiro atoms. The molecular weight excluding hydrogens is 356 g/mol. The van der Waals surface area contributed by atoms with Crippen molar-refractivity contribution in [3.05, 3.63) is 53.6 Å². The van der Waals surface area contributed by atoms with Crippen LogP contribution in [0.3, 0.4) is 0 Å². The minimum Gasteiger partial charge on any atom is -0.380 e. The first-order chi connectivity index (χ1) is 13.6. The first-order valence-corrected chi connectivity index (χ1v) is 9.47. The molecule has 5 rings (SSSR count). The van der Waals surface area contributed by atoms with Crippen LogP contribution in [0, 0.1) is 6.92 Å². The van der Waals surface area contributed by atoms with Crippen molar-refractivity contribution in [2.75, 3.05) is 25.1 Å². The van der Waals surface area contributed by atoms with Crippen LogP contribution in [0.4, 0.5) is 5.82 Å². The molecule has 1 fully saturated rings. The Morgan fingerprint density at radius 2 is 2.18 bits per heavy atom. The molecule has 1 amide bonds. The van der Waals surface area contributed by atoms with Gasteiger partial charge in [-0.05, 0) is 25.5 Å². The number of amides is 1. The van der Waals surface area contributed by atoms with E-state index in [1.807, 2.05) is 42.4 Å². The summed E-state index contributed by atoms with van der Waals surface area (Å²) in [6.07, 6.45) is 6.28. The van der Waals surface area contributed by atoms with Crippen LogP contribution < -0.4 is 4.90 Å². The van der Waals surface area contributed by atoms with Crippen molar-refractivity contribution in [3.8, 4) is 0 Å². The number of carbonyl (C=O) groups is 1. The summed E-state index contributed by atoms with van der Waals surface area (Å²) in [5.41, 5.74) is 3.04. The second-order valence-electron chi connectivity index (χ2n) is 7.47. The number of anilines is 1. The van der Waals surface area contributed by atoms with Crippen LogP contribution in [-0.2, 0) is 11.3 Å². The van der Waals surface area contributed by atoms with Crippen LogP contribution >= 0.6 is 0 Å². The summed E-state index contributed by atoms with van der Waals surface area (Å²) < 4.78 is 7.25. The van der Waals surface area contributed by atoms with Crippen molar-refractivity contribution in [2.45, 2.75) is 32.0 Å². The largest absolute Gasteiger partial charge is 0.380 e. The third-order valence-electron chi connectivity index (χ3n) is 5.67. The first kappa shape index (κ1) is 17.1. The third kappa shape index (κ3) is 2.72. The standard InChI is InChI=1S/C20H22N6O2/c1-13-5-7-26-19(23-13)17(9-22-26)20(27)24-10-14-4-3-6-21-18(14)25-12-16(28-2)8-15(25)11-24/h3-7,9,15-16H,8,10-12H2,1-2H3. The highest BCUT2D eigenvalue weighted by Gasteiger charge is 2.39. The van der Waals surface area contributed by atoms with Gasteiger partial charge in [-0.2, -0.15) is 5.10 Å². The summed E-state index contributed by atoms with van der Waals surface area (Å²) in [6.45, 7) is 3.86.